The molecule has 0 aromatic carbocycles. The number of nitrogens with zero attached hydrogens (tertiary/aromatic N) is 2. The van der Waals surface area contributed by atoms with Crippen LogP contribution in [0.2, 0.25) is 0 Å². The lowest BCUT2D eigenvalue weighted by Crippen LogP contribution is -2.38. The van der Waals surface area contributed by atoms with Crippen molar-refractivity contribution in [3.63, 3.8) is 0 Å². The highest BCUT2D eigenvalue weighted by atomic mass is 15.2. The molecule has 3 heteroatoms. The Morgan fingerprint density at radius 3 is 2.44 bits per heavy atom. The van der Waals surface area contributed by atoms with E-state index in [1.54, 1.807) is 0 Å². The topological polar surface area (TPSA) is 42.1 Å². The summed E-state index contributed by atoms with van der Waals surface area (Å²) < 4.78 is 0. The minimum absolute atomic E-state index is 0.541. The van der Waals surface area contributed by atoms with Gasteiger partial charge in [0, 0.05) is 25.3 Å². The zero-order valence-corrected chi connectivity index (χ0v) is 10.6. The molecule has 0 atom stereocenters. The lowest BCUT2D eigenvalue weighted by molar-refractivity contribution is 0.554. The molecule has 16 heavy (non-hydrogen) atoms. The Hall–Kier alpha value is -1.09. The van der Waals surface area contributed by atoms with Crippen molar-refractivity contribution >= 4 is 5.82 Å². The summed E-state index contributed by atoms with van der Waals surface area (Å²) in [6.07, 6.45) is 4.18. The zero-order valence-electron chi connectivity index (χ0n) is 10.6. The number of aryl methyl sites for hydroxylation is 1. The van der Waals surface area contributed by atoms with Gasteiger partial charge in [0.1, 0.15) is 5.82 Å². The molecular weight excluding hydrogens is 198 g/mol. The Labute approximate surface area is 98.7 Å². The van der Waals surface area contributed by atoms with Gasteiger partial charge in [-0.05, 0) is 31.4 Å². The van der Waals surface area contributed by atoms with Crippen LogP contribution >= 0.6 is 0 Å². The molecule has 1 heterocycles. The SMILES string of the molecule is CCC(CC)N(CCN)c1ccc(C)cn1. The highest BCUT2D eigenvalue weighted by molar-refractivity contribution is 5.40. The predicted octanol–water partition coefficient (Wildman–Crippen LogP) is 2.34. The van der Waals surface area contributed by atoms with Gasteiger partial charge in [0.05, 0.1) is 0 Å². The number of pyridine rings is 1. The monoisotopic (exact) mass is 221 g/mol. The number of aromatic nitrogens is 1. The fourth-order valence-electron chi connectivity index (χ4n) is 1.98. The zero-order chi connectivity index (χ0) is 12.0. The second-order valence-corrected chi connectivity index (χ2v) is 4.15. The summed E-state index contributed by atoms with van der Waals surface area (Å²) in [6, 6.07) is 4.73. The van der Waals surface area contributed by atoms with Gasteiger partial charge in [-0.2, -0.15) is 0 Å². The first-order valence-corrected chi connectivity index (χ1v) is 6.12. The summed E-state index contributed by atoms with van der Waals surface area (Å²) in [5.41, 5.74) is 6.87. The Bertz CT molecular complexity index is 291. The van der Waals surface area contributed by atoms with E-state index in [1.807, 2.05) is 6.20 Å². The van der Waals surface area contributed by atoms with Gasteiger partial charge in [0.15, 0.2) is 0 Å². The average Bonchev–Trinajstić information content (AvgIpc) is 2.31. The molecule has 1 aromatic heterocycles. The molecule has 0 saturated carbocycles. The first-order chi connectivity index (χ1) is 7.72. The number of hydrogen-bond donors (Lipinski definition) is 1. The second-order valence-electron chi connectivity index (χ2n) is 4.15. The molecule has 0 radical (unpaired) electrons. The fourth-order valence-corrected chi connectivity index (χ4v) is 1.98. The number of nitrogens with two attached hydrogens (primary N) is 1. The first kappa shape index (κ1) is 13.0. The standard InChI is InChI=1S/C13H23N3/c1-4-12(5-2)16(9-8-14)13-7-6-11(3)10-15-13/h6-7,10,12H,4-5,8-9,14H2,1-3H3. The molecule has 0 aliphatic rings. The van der Waals surface area contributed by atoms with Crippen molar-refractivity contribution in [1.29, 1.82) is 0 Å². The van der Waals surface area contributed by atoms with Gasteiger partial charge in [-0.3, -0.25) is 0 Å². The van der Waals surface area contributed by atoms with Gasteiger partial charge < -0.3 is 10.6 Å². The average molecular weight is 221 g/mol. The van der Waals surface area contributed by atoms with Crippen LogP contribution < -0.4 is 10.6 Å². The van der Waals surface area contributed by atoms with Gasteiger partial charge in [0.2, 0.25) is 0 Å². The van der Waals surface area contributed by atoms with Crippen LogP contribution in [0.25, 0.3) is 0 Å². The van der Waals surface area contributed by atoms with Crippen molar-refractivity contribution in [2.24, 2.45) is 5.73 Å². The van der Waals surface area contributed by atoms with E-state index in [0.717, 1.165) is 25.2 Å². The third kappa shape index (κ3) is 3.20. The molecular formula is C13H23N3. The molecule has 0 amide bonds. The summed E-state index contributed by atoms with van der Waals surface area (Å²) in [7, 11) is 0. The van der Waals surface area contributed by atoms with Gasteiger partial charge in [0.25, 0.3) is 0 Å². The van der Waals surface area contributed by atoms with E-state index in [2.05, 4.69) is 42.8 Å². The van der Waals surface area contributed by atoms with Crippen LogP contribution in [0.5, 0.6) is 0 Å². The quantitative estimate of drug-likeness (QED) is 0.801. The van der Waals surface area contributed by atoms with Crippen LogP contribution in [0.3, 0.4) is 0 Å². The largest absolute Gasteiger partial charge is 0.352 e. The van der Waals surface area contributed by atoms with Crippen LogP contribution in [0.15, 0.2) is 18.3 Å². The smallest absolute Gasteiger partial charge is 0.128 e. The van der Waals surface area contributed by atoms with E-state index in [1.165, 1.54) is 5.56 Å². The molecule has 90 valence electrons. The molecule has 0 fully saturated rings. The lowest BCUT2D eigenvalue weighted by Gasteiger charge is -2.31. The van der Waals surface area contributed by atoms with E-state index in [4.69, 9.17) is 5.73 Å². The Balaban J connectivity index is 2.87. The molecule has 3 nitrogen and oxygen atoms in total. The van der Waals surface area contributed by atoms with Crippen LogP contribution in [-0.4, -0.2) is 24.1 Å². The summed E-state index contributed by atoms with van der Waals surface area (Å²) in [5, 5.41) is 0. The third-order valence-corrected chi connectivity index (χ3v) is 2.94. The second kappa shape index (κ2) is 6.48. The van der Waals surface area contributed by atoms with Crippen molar-refractivity contribution < 1.29 is 0 Å². The predicted molar refractivity (Wildman–Crippen MR) is 69.7 cm³/mol. The number of anilines is 1. The van der Waals surface area contributed by atoms with Gasteiger partial charge >= 0.3 is 0 Å². The lowest BCUT2D eigenvalue weighted by atomic mass is 10.1. The number of hydrogen-bond acceptors (Lipinski definition) is 3. The van der Waals surface area contributed by atoms with E-state index < -0.39 is 0 Å². The highest BCUT2D eigenvalue weighted by Gasteiger charge is 2.15. The third-order valence-electron chi connectivity index (χ3n) is 2.94. The molecule has 0 bridgehead atoms. The van der Waals surface area contributed by atoms with Crippen LogP contribution in [0, 0.1) is 6.92 Å². The Morgan fingerprint density at radius 1 is 1.31 bits per heavy atom. The van der Waals surface area contributed by atoms with Crippen molar-refractivity contribution in [2.75, 3.05) is 18.0 Å². The van der Waals surface area contributed by atoms with Crippen LogP contribution in [0.1, 0.15) is 32.3 Å². The molecule has 1 aromatic rings. The summed E-state index contributed by atoms with van der Waals surface area (Å²) in [4.78, 5) is 6.80. The molecule has 0 aliphatic heterocycles. The van der Waals surface area contributed by atoms with Gasteiger partial charge in [-0.1, -0.05) is 19.9 Å². The molecule has 2 N–H and O–H groups in total. The Morgan fingerprint density at radius 2 is 2.00 bits per heavy atom. The van der Waals surface area contributed by atoms with Gasteiger partial charge in [-0.15, -0.1) is 0 Å². The summed E-state index contributed by atoms with van der Waals surface area (Å²) in [5.74, 6) is 1.05. The van der Waals surface area contributed by atoms with E-state index in [0.29, 0.717) is 12.6 Å². The van der Waals surface area contributed by atoms with Crippen molar-refractivity contribution in [3.8, 4) is 0 Å². The minimum atomic E-state index is 0.541. The molecule has 0 spiro atoms. The van der Waals surface area contributed by atoms with Crippen molar-refractivity contribution in [2.45, 2.75) is 39.7 Å². The summed E-state index contributed by atoms with van der Waals surface area (Å²) in [6.45, 7) is 8.04. The summed E-state index contributed by atoms with van der Waals surface area (Å²) >= 11 is 0. The van der Waals surface area contributed by atoms with Crippen LogP contribution in [0.4, 0.5) is 5.82 Å². The number of rotatable bonds is 6. The molecule has 0 unspecified atom stereocenters. The minimum Gasteiger partial charge on any atom is -0.352 e. The highest BCUT2D eigenvalue weighted by Crippen LogP contribution is 2.17. The fraction of sp³-hybridized carbons (Fsp3) is 0.615. The van der Waals surface area contributed by atoms with E-state index in [-0.39, 0.29) is 0 Å². The molecule has 1 rings (SSSR count). The van der Waals surface area contributed by atoms with E-state index >= 15 is 0 Å². The van der Waals surface area contributed by atoms with Crippen molar-refractivity contribution in [1.82, 2.24) is 4.98 Å². The van der Waals surface area contributed by atoms with Gasteiger partial charge in [-0.25, -0.2) is 4.98 Å². The van der Waals surface area contributed by atoms with E-state index in [9.17, 15) is 0 Å². The maximum atomic E-state index is 5.67. The molecule has 0 saturated heterocycles. The maximum Gasteiger partial charge on any atom is 0.128 e. The maximum absolute atomic E-state index is 5.67. The van der Waals surface area contributed by atoms with Crippen LogP contribution in [-0.2, 0) is 0 Å². The van der Waals surface area contributed by atoms with Crippen molar-refractivity contribution in [3.05, 3.63) is 23.9 Å². The Kier molecular flexibility index (Phi) is 5.26. The first-order valence-electron chi connectivity index (χ1n) is 6.12. The molecule has 0 aliphatic carbocycles. The normalized spacial score (nSPS) is 10.8.